The van der Waals surface area contributed by atoms with E-state index in [2.05, 4.69) is 10.3 Å². The van der Waals surface area contributed by atoms with Crippen LogP contribution in [-0.2, 0) is 0 Å². The van der Waals surface area contributed by atoms with Gasteiger partial charge in [-0.1, -0.05) is 18.2 Å². The van der Waals surface area contributed by atoms with E-state index in [1.807, 2.05) is 51.4 Å². The molecule has 9 heteroatoms. The molecule has 0 aromatic heterocycles. The van der Waals surface area contributed by atoms with Crippen molar-refractivity contribution in [2.45, 2.75) is 6.92 Å². The van der Waals surface area contributed by atoms with Crippen LogP contribution in [0.1, 0.15) is 12.5 Å². The summed E-state index contributed by atoms with van der Waals surface area (Å²) in [6.45, 7) is 2.71. The molecule has 0 radical (unpaired) electrons. The lowest BCUT2D eigenvalue weighted by molar-refractivity contribution is -2.00. The molecule has 1 rings (SSSR count). The highest BCUT2D eigenvalue weighted by Crippen LogP contribution is 2.00. The molecule has 1 N–H and O–H groups in total. The first-order valence-electron chi connectivity index (χ1n) is 5.83. The van der Waals surface area contributed by atoms with Crippen LogP contribution in [0, 0.1) is 10.2 Å². The first-order chi connectivity index (χ1) is 9.65. The molecule has 1 aromatic carbocycles. The second-order valence-electron chi connectivity index (χ2n) is 3.88. The van der Waals surface area contributed by atoms with Gasteiger partial charge in [0.2, 0.25) is 5.84 Å². The smallest absolute Gasteiger partial charge is 0.257 e. The molecule has 21 heavy (non-hydrogen) atoms. The lowest BCUT2D eigenvalue weighted by Gasteiger charge is -2.17. The molecule has 0 aliphatic rings. The number of hydrogen-bond donors (Lipinski definition) is 1. The molecule has 7 nitrogen and oxygen atoms in total. The summed E-state index contributed by atoms with van der Waals surface area (Å²) in [7, 11) is -1.19. The fourth-order valence-electron chi connectivity index (χ4n) is 1.17. The van der Waals surface area contributed by atoms with Gasteiger partial charge in [-0.25, -0.2) is 28.9 Å². The summed E-state index contributed by atoms with van der Waals surface area (Å²) in [5.74, 6) is 0.793. The van der Waals surface area contributed by atoms with Crippen LogP contribution in [0.5, 0.6) is 0 Å². The number of nitrogens with one attached hydrogen (secondary N) is 1. The fraction of sp³-hybridized carbons (Fsp3) is 0.333. The maximum Gasteiger partial charge on any atom is 0.348 e. The summed E-state index contributed by atoms with van der Waals surface area (Å²) in [6.07, 6.45) is 0. The first kappa shape index (κ1) is 19.8. The zero-order valence-corrected chi connectivity index (χ0v) is 13.4. The Kier molecular flexibility index (Phi) is 9.11. The van der Waals surface area contributed by atoms with Gasteiger partial charge in [0.25, 0.3) is 0 Å². The molecule has 0 spiro atoms. The molecule has 0 unspecified atom stereocenters. The summed E-state index contributed by atoms with van der Waals surface area (Å²) < 4.78 is 35.8. The van der Waals surface area contributed by atoms with Crippen molar-refractivity contribution >= 4 is 22.7 Å². The second-order valence-corrected chi connectivity index (χ2v) is 4.99. The molecule has 0 aliphatic carbocycles. The average molecular weight is 338 g/mol. The van der Waals surface area contributed by atoms with Crippen LogP contribution >= 0.6 is 11.6 Å². The first-order valence-corrected chi connectivity index (χ1v) is 7.44. The summed E-state index contributed by atoms with van der Waals surface area (Å²) >= 11 is 6.05. The van der Waals surface area contributed by atoms with Gasteiger partial charge >= 0.3 is 5.29 Å². The van der Waals surface area contributed by atoms with Crippen molar-refractivity contribution < 1.29 is 33.5 Å². The largest absolute Gasteiger partial charge is 0.348 e. The fourth-order valence-corrected chi connectivity index (χ4v) is 1.26. The SMILES string of the molecule is CCN=C(NC(Cl)=[N+](C)C)c1ccccc1.[O-][Cl+3]([O-])([O-])[O-]. The van der Waals surface area contributed by atoms with E-state index in [1.54, 1.807) is 4.58 Å². The van der Waals surface area contributed by atoms with Gasteiger partial charge in [0, 0.05) is 23.7 Å². The summed E-state index contributed by atoms with van der Waals surface area (Å²) in [5.41, 5.74) is 1.03. The van der Waals surface area contributed by atoms with E-state index in [0.717, 1.165) is 17.9 Å². The number of halogens is 2. The topological polar surface area (TPSA) is 120 Å². The third kappa shape index (κ3) is 11.1. The zero-order valence-electron chi connectivity index (χ0n) is 11.9. The van der Waals surface area contributed by atoms with Gasteiger partial charge in [-0.3, -0.25) is 4.58 Å². The van der Waals surface area contributed by atoms with Crippen LogP contribution in [0.4, 0.5) is 0 Å². The van der Waals surface area contributed by atoms with E-state index in [1.165, 1.54) is 0 Å². The normalized spacial score (nSPS) is 11.3. The lowest BCUT2D eigenvalue weighted by atomic mass is 10.2. The maximum atomic E-state index is 8.49. The minimum Gasteiger partial charge on any atom is -0.257 e. The quantitative estimate of drug-likeness (QED) is 0.269. The molecule has 1 aromatic rings. The van der Waals surface area contributed by atoms with Gasteiger partial charge in [0.1, 0.15) is 0 Å². The summed E-state index contributed by atoms with van der Waals surface area (Å²) in [4.78, 5) is 4.39. The number of benzene rings is 1. The number of nitrogens with zero attached hydrogens (tertiary/aromatic N) is 2. The van der Waals surface area contributed by atoms with Gasteiger partial charge in [0.15, 0.2) is 0 Å². The highest BCUT2D eigenvalue weighted by molar-refractivity contribution is 6.64. The zero-order chi connectivity index (χ0) is 16.5. The van der Waals surface area contributed by atoms with Crippen LogP contribution in [0.15, 0.2) is 35.3 Å². The van der Waals surface area contributed by atoms with E-state index in [0.29, 0.717) is 5.29 Å². The molecule has 118 valence electrons. The number of aliphatic imine (C=N–C) groups is 1. The van der Waals surface area contributed by atoms with Gasteiger partial charge in [0.05, 0.1) is 14.1 Å². The Balaban J connectivity index is 0.000000690. The molecule has 0 saturated carbocycles. The minimum atomic E-state index is -4.94. The molecule has 0 atom stereocenters. The van der Waals surface area contributed by atoms with Crippen molar-refractivity contribution in [2.75, 3.05) is 20.6 Å². The Morgan fingerprint density at radius 2 is 1.67 bits per heavy atom. The number of rotatable bonds is 2. The number of amidine groups is 2. The molecule has 0 bridgehead atoms. The van der Waals surface area contributed by atoms with Crippen molar-refractivity contribution in [2.24, 2.45) is 4.99 Å². The van der Waals surface area contributed by atoms with E-state index < -0.39 is 10.2 Å². The van der Waals surface area contributed by atoms with Gasteiger partial charge < -0.3 is 0 Å². The lowest BCUT2D eigenvalue weighted by Crippen LogP contribution is -2.68. The van der Waals surface area contributed by atoms with Gasteiger partial charge in [-0.2, -0.15) is 0 Å². The Morgan fingerprint density at radius 3 is 2.05 bits per heavy atom. The number of hydrogen-bond acceptors (Lipinski definition) is 5. The van der Waals surface area contributed by atoms with Crippen molar-refractivity contribution in [3.8, 4) is 0 Å². The predicted molar refractivity (Wildman–Crippen MR) is 69.6 cm³/mol. The molecule has 0 aliphatic heterocycles. The van der Waals surface area contributed by atoms with Gasteiger partial charge in [-0.15, -0.1) is 10.2 Å². The molecular weight excluding hydrogens is 321 g/mol. The Labute approximate surface area is 130 Å². The van der Waals surface area contributed by atoms with E-state index in [4.69, 9.17) is 30.2 Å². The molecular formula is C12H17Cl2N3O4. The Bertz CT molecular complexity index is 477. The monoisotopic (exact) mass is 337 g/mol. The van der Waals surface area contributed by atoms with Crippen LogP contribution < -0.4 is 24.0 Å². The maximum absolute atomic E-state index is 8.49. The third-order valence-corrected chi connectivity index (χ3v) is 2.41. The standard InChI is InChI=1S/C12H16ClN3.ClHO4/c1-4-14-11(15-12(13)16(2)3)10-8-6-5-7-9-10;2-1(3,4)5/h5-9H,4H2,1-3H3;(H,2,3,4,5). The van der Waals surface area contributed by atoms with Crippen molar-refractivity contribution in [3.63, 3.8) is 0 Å². The van der Waals surface area contributed by atoms with E-state index >= 15 is 0 Å². The average Bonchev–Trinajstić information content (AvgIpc) is 2.37. The second kappa shape index (κ2) is 9.67. The van der Waals surface area contributed by atoms with Gasteiger partial charge in [-0.05, 0) is 19.1 Å². The van der Waals surface area contributed by atoms with E-state index in [-0.39, 0.29) is 0 Å². The van der Waals surface area contributed by atoms with Crippen LogP contribution in [0.3, 0.4) is 0 Å². The molecule has 0 saturated heterocycles. The van der Waals surface area contributed by atoms with Crippen LogP contribution in [-0.4, -0.2) is 36.3 Å². The van der Waals surface area contributed by atoms with Crippen LogP contribution in [0.25, 0.3) is 0 Å². The van der Waals surface area contributed by atoms with Crippen LogP contribution in [0.2, 0.25) is 0 Å². The molecule has 0 heterocycles. The molecule has 0 fully saturated rings. The minimum absolute atomic E-state index is 0.552. The van der Waals surface area contributed by atoms with Crippen molar-refractivity contribution in [1.29, 1.82) is 0 Å². The highest BCUT2D eigenvalue weighted by Gasteiger charge is 2.11. The highest BCUT2D eigenvalue weighted by atomic mass is 35.7. The summed E-state index contributed by atoms with van der Waals surface area (Å²) in [6, 6.07) is 9.94. The molecule has 0 amide bonds. The summed E-state index contributed by atoms with van der Waals surface area (Å²) in [5, 5.41) is 3.64. The van der Waals surface area contributed by atoms with Crippen molar-refractivity contribution in [3.05, 3.63) is 35.9 Å². The van der Waals surface area contributed by atoms with E-state index in [9.17, 15) is 0 Å². The predicted octanol–water partition coefficient (Wildman–Crippen LogP) is -2.85. The Hall–Kier alpha value is -1.22. The Morgan fingerprint density at radius 1 is 1.19 bits per heavy atom. The third-order valence-electron chi connectivity index (χ3n) is 1.98. The van der Waals surface area contributed by atoms with Crippen molar-refractivity contribution in [1.82, 2.24) is 5.32 Å².